The van der Waals surface area contributed by atoms with Crippen molar-refractivity contribution in [3.05, 3.63) is 34.3 Å². The molecule has 0 aliphatic rings. The molecule has 0 radical (unpaired) electrons. The number of hydrogen-bond donors (Lipinski definition) is 3. The first-order valence-corrected chi connectivity index (χ1v) is 5.85. The van der Waals surface area contributed by atoms with Gasteiger partial charge in [0.1, 0.15) is 5.84 Å². The van der Waals surface area contributed by atoms with Crippen molar-refractivity contribution in [3.63, 3.8) is 0 Å². The summed E-state index contributed by atoms with van der Waals surface area (Å²) < 4.78 is 1.07. The lowest BCUT2D eigenvalue weighted by Crippen LogP contribution is -2.30. The molecular formula is C11H16BrN3O. The minimum absolute atomic E-state index is 0.180. The van der Waals surface area contributed by atoms with Crippen molar-refractivity contribution >= 4 is 21.8 Å². The Labute approximate surface area is 104 Å². The molecule has 4 nitrogen and oxygen atoms in total. The van der Waals surface area contributed by atoms with Crippen LogP contribution < -0.4 is 11.1 Å². The van der Waals surface area contributed by atoms with E-state index < -0.39 is 0 Å². The minimum Gasteiger partial charge on any atom is -0.409 e. The van der Waals surface area contributed by atoms with Gasteiger partial charge in [-0.15, -0.1) is 0 Å². The molecule has 4 N–H and O–H groups in total. The maximum Gasteiger partial charge on any atom is 0.140 e. The third kappa shape index (κ3) is 4.63. The van der Waals surface area contributed by atoms with Crippen molar-refractivity contribution in [1.29, 1.82) is 0 Å². The van der Waals surface area contributed by atoms with E-state index in [1.165, 1.54) is 5.56 Å². The van der Waals surface area contributed by atoms with Crippen molar-refractivity contribution in [2.75, 3.05) is 0 Å². The molecule has 1 aromatic rings. The van der Waals surface area contributed by atoms with Crippen molar-refractivity contribution in [3.8, 4) is 0 Å². The van der Waals surface area contributed by atoms with Crippen molar-refractivity contribution in [2.24, 2.45) is 10.9 Å². The van der Waals surface area contributed by atoms with E-state index in [9.17, 15) is 0 Å². The minimum atomic E-state index is 0.180. The third-order valence-electron chi connectivity index (χ3n) is 2.21. The summed E-state index contributed by atoms with van der Waals surface area (Å²) in [5, 5.41) is 14.7. The van der Waals surface area contributed by atoms with Crippen LogP contribution in [0.2, 0.25) is 0 Å². The Morgan fingerprint density at radius 3 is 2.69 bits per heavy atom. The molecule has 0 saturated heterocycles. The SMILES string of the molecule is CC(CC(N)=NO)NCc1ccc(Br)cc1. The molecule has 1 unspecified atom stereocenters. The lowest BCUT2D eigenvalue weighted by molar-refractivity contribution is 0.316. The second kappa shape index (κ2) is 6.50. The predicted octanol–water partition coefficient (Wildman–Crippen LogP) is 2.06. The van der Waals surface area contributed by atoms with Crippen molar-refractivity contribution in [1.82, 2.24) is 5.32 Å². The van der Waals surface area contributed by atoms with E-state index in [4.69, 9.17) is 10.9 Å². The second-order valence-electron chi connectivity index (χ2n) is 3.70. The van der Waals surface area contributed by atoms with Crippen LogP contribution in [0.3, 0.4) is 0 Å². The molecule has 0 saturated carbocycles. The largest absolute Gasteiger partial charge is 0.409 e. The standard InChI is InChI=1S/C11H16BrN3O/c1-8(6-11(13)15-16)14-7-9-2-4-10(12)5-3-9/h2-5,8,14,16H,6-7H2,1H3,(H2,13,15). The number of nitrogens with one attached hydrogen (secondary N) is 1. The molecule has 0 amide bonds. The van der Waals surface area contributed by atoms with Gasteiger partial charge in [0.05, 0.1) is 0 Å². The highest BCUT2D eigenvalue weighted by atomic mass is 79.9. The first kappa shape index (κ1) is 13.0. The first-order chi connectivity index (χ1) is 7.61. The smallest absolute Gasteiger partial charge is 0.140 e. The van der Waals surface area contributed by atoms with E-state index in [0.29, 0.717) is 6.42 Å². The monoisotopic (exact) mass is 285 g/mol. The summed E-state index contributed by atoms with van der Waals surface area (Å²) in [5.41, 5.74) is 6.62. The predicted molar refractivity (Wildman–Crippen MR) is 68.5 cm³/mol. The number of rotatable bonds is 5. The molecule has 0 fully saturated rings. The van der Waals surface area contributed by atoms with E-state index >= 15 is 0 Å². The average molecular weight is 286 g/mol. The first-order valence-electron chi connectivity index (χ1n) is 5.06. The molecular weight excluding hydrogens is 270 g/mol. The molecule has 0 aliphatic heterocycles. The van der Waals surface area contributed by atoms with Gasteiger partial charge in [-0.05, 0) is 24.6 Å². The molecule has 1 atom stereocenters. The quantitative estimate of drug-likeness (QED) is 0.336. The van der Waals surface area contributed by atoms with Crippen LogP contribution >= 0.6 is 15.9 Å². The number of oxime groups is 1. The van der Waals surface area contributed by atoms with Gasteiger partial charge < -0.3 is 16.3 Å². The number of halogens is 1. The van der Waals surface area contributed by atoms with E-state index in [1.807, 2.05) is 31.2 Å². The Hall–Kier alpha value is -1.07. The third-order valence-corrected chi connectivity index (χ3v) is 2.74. The molecule has 1 rings (SSSR count). The van der Waals surface area contributed by atoms with Crippen LogP contribution in [0.5, 0.6) is 0 Å². The summed E-state index contributed by atoms with van der Waals surface area (Å²) in [4.78, 5) is 0. The molecule has 5 heteroatoms. The molecule has 88 valence electrons. The van der Waals surface area contributed by atoms with Crippen LogP contribution in [0.15, 0.2) is 33.9 Å². The van der Waals surface area contributed by atoms with Crippen LogP contribution in [0, 0.1) is 0 Å². The molecule has 0 spiro atoms. The van der Waals surface area contributed by atoms with Crippen molar-refractivity contribution < 1.29 is 5.21 Å². The molecule has 1 aromatic carbocycles. The van der Waals surface area contributed by atoms with Gasteiger partial charge in [0.2, 0.25) is 0 Å². The summed E-state index contributed by atoms with van der Waals surface area (Å²) in [6, 6.07) is 8.29. The average Bonchev–Trinajstić information content (AvgIpc) is 2.28. The second-order valence-corrected chi connectivity index (χ2v) is 4.62. The van der Waals surface area contributed by atoms with E-state index in [0.717, 1.165) is 11.0 Å². The Kier molecular flexibility index (Phi) is 5.28. The molecule has 16 heavy (non-hydrogen) atoms. The maximum absolute atomic E-state index is 8.43. The number of nitrogens with zero attached hydrogens (tertiary/aromatic N) is 1. The molecule has 0 bridgehead atoms. The highest BCUT2D eigenvalue weighted by Crippen LogP contribution is 2.10. The van der Waals surface area contributed by atoms with Gasteiger partial charge in [-0.3, -0.25) is 0 Å². The normalized spacial score (nSPS) is 13.8. The lowest BCUT2D eigenvalue weighted by atomic mass is 10.2. The van der Waals surface area contributed by atoms with Gasteiger partial charge in [0.25, 0.3) is 0 Å². The topological polar surface area (TPSA) is 70.6 Å². The fourth-order valence-corrected chi connectivity index (χ4v) is 1.59. The summed E-state index contributed by atoms with van der Waals surface area (Å²) in [6.07, 6.45) is 0.535. The van der Waals surface area contributed by atoms with Crippen LogP contribution in [-0.2, 0) is 6.54 Å². The van der Waals surface area contributed by atoms with Gasteiger partial charge in [-0.1, -0.05) is 33.2 Å². The van der Waals surface area contributed by atoms with Crippen LogP contribution in [0.1, 0.15) is 18.9 Å². The summed E-state index contributed by atoms with van der Waals surface area (Å²) in [6.45, 7) is 2.77. The Balaban J connectivity index is 2.37. The van der Waals surface area contributed by atoms with Crippen LogP contribution in [0.25, 0.3) is 0 Å². The highest BCUT2D eigenvalue weighted by molar-refractivity contribution is 9.10. The lowest BCUT2D eigenvalue weighted by Gasteiger charge is -2.12. The zero-order chi connectivity index (χ0) is 12.0. The van der Waals surface area contributed by atoms with Gasteiger partial charge in [-0.2, -0.15) is 0 Å². The molecule has 0 heterocycles. The maximum atomic E-state index is 8.43. The van der Waals surface area contributed by atoms with Crippen molar-refractivity contribution in [2.45, 2.75) is 25.9 Å². The summed E-state index contributed by atoms with van der Waals surface area (Å²) in [7, 11) is 0. The van der Waals surface area contributed by atoms with Gasteiger partial charge in [-0.25, -0.2) is 0 Å². The zero-order valence-corrected chi connectivity index (χ0v) is 10.7. The Morgan fingerprint density at radius 2 is 2.12 bits per heavy atom. The summed E-state index contributed by atoms with van der Waals surface area (Å²) in [5.74, 6) is 0.246. The van der Waals surface area contributed by atoms with E-state index in [1.54, 1.807) is 0 Å². The fraction of sp³-hybridized carbons (Fsp3) is 0.364. The number of hydrogen-bond acceptors (Lipinski definition) is 3. The molecule has 0 aliphatic carbocycles. The van der Waals surface area contributed by atoms with Gasteiger partial charge in [0.15, 0.2) is 0 Å². The Bertz CT molecular complexity index is 351. The van der Waals surface area contributed by atoms with Crippen LogP contribution in [-0.4, -0.2) is 17.1 Å². The zero-order valence-electron chi connectivity index (χ0n) is 9.15. The fourth-order valence-electron chi connectivity index (χ4n) is 1.32. The number of amidine groups is 1. The molecule has 0 aromatic heterocycles. The number of nitrogens with two attached hydrogens (primary N) is 1. The summed E-state index contributed by atoms with van der Waals surface area (Å²) >= 11 is 3.39. The van der Waals surface area contributed by atoms with Gasteiger partial charge >= 0.3 is 0 Å². The van der Waals surface area contributed by atoms with E-state index in [-0.39, 0.29) is 11.9 Å². The Morgan fingerprint density at radius 1 is 1.50 bits per heavy atom. The number of benzene rings is 1. The van der Waals surface area contributed by atoms with Gasteiger partial charge in [0, 0.05) is 23.5 Å². The highest BCUT2D eigenvalue weighted by Gasteiger charge is 2.04. The van der Waals surface area contributed by atoms with E-state index in [2.05, 4.69) is 26.4 Å². The van der Waals surface area contributed by atoms with Crippen LogP contribution in [0.4, 0.5) is 0 Å².